The first-order valence-corrected chi connectivity index (χ1v) is 7.16. The van der Waals surface area contributed by atoms with Gasteiger partial charge in [0.05, 0.1) is 13.7 Å². The minimum Gasteiger partial charge on any atom is -0.497 e. The van der Waals surface area contributed by atoms with E-state index in [0.29, 0.717) is 12.5 Å². The summed E-state index contributed by atoms with van der Waals surface area (Å²) in [7, 11) is 5.55. The SMILES string of the molecule is COc1ccc(C2CCN(C(=O)CN(C)C)CC2)cc1. The number of amides is 1. The summed E-state index contributed by atoms with van der Waals surface area (Å²) in [4.78, 5) is 15.9. The van der Waals surface area contributed by atoms with E-state index in [2.05, 4.69) is 12.1 Å². The number of carbonyl (C=O) groups is 1. The lowest BCUT2D eigenvalue weighted by atomic mass is 9.89. The molecule has 1 amide bonds. The monoisotopic (exact) mass is 276 g/mol. The highest BCUT2D eigenvalue weighted by Crippen LogP contribution is 2.29. The summed E-state index contributed by atoms with van der Waals surface area (Å²) in [5.41, 5.74) is 1.35. The normalized spacial score (nSPS) is 16.5. The Morgan fingerprint density at radius 1 is 1.25 bits per heavy atom. The Labute approximate surface area is 121 Å². The molecule has 0 aliphatic carbocycles. The third-order valence-electron chi connectivity index (χ3n) is 3.89. The number of nitrogens with zero attached hydrogens (tertiary/aromatic N) is 2. The summed E-state index contributed by atoms with van der Waals surface area (Å²) >= 11 is 0. The lowest BCUT2D eigenvalue weighted by molar-refractivity contribution is -0.132. The Bertz CT molecular complexity index is 434. The third-order valence-corrected chi connectivity index (χ3v) is 3.89. The van der Waals surface area contributed by atoms with Crippen LogP contribution in [0.15, 0.2) is 24.3 Å². The predicted octanol–water partition coefficient (Wildman–Crippen LogP) is 1.96. The zero-order valence-electron chi connectivity index (χ0n) is 12.6. The summed E-state index contributed by atoms with van der Waals surface area (Å²) in [6.45, 7) is 2.24. The maximum atomic E-state index is 12.0. The van der Waals surface area contributed by atoms with Gasteiger partial charge in [-0.2, -0.15) is 0 Å². The molecule has 1 aliphatic rings. The number of benzene rings is 1. The maximum absolute atomic E-state index is 12.0. The fourth-order valence-electron chi connectivity index (χ4n) is 2.71. The van der Waals surface area contributed by atoms with Crippen molar-refractivity contribution in [3.05, 3.63) is 29.8 Å². The summed E-state index contributed by atoms with van der Waals surface area (Å²) in [6, 6.07) is 8.30. The van der Waals surface area contributed by atoms with Crippen LogP contribution in [0.2, 0.25) is 0 Å². The minimum absolute atomic E-state index is 0.239. The number of likely N-dealkylation sites (tertiary alicyclic amines) is 1. The molecule has 1 heterocycles. The number of ether oxygens (including phenoxy) is 1. The number of carbonyl (C=O) groups excluding carboxylic acids is 1. The second-order valence-corrected chi connectivity index (χ2v) is 5.67. The lowest BCUT2D eigenvalue weighted by Gasteiger charge is -2.33. The van der Waals surface area contributed by atoms with Crippen molar-refractivity contribution in [2.75, 3.05) is 40.8 Å². The highest BCUT2D eigenvalue weighted by atomic mass is 16.5. The van der Waals surface area contributed by atoms with Crippen molar-refractivity contribution in [3.63, 3.8) is 0 Å². The average Bonchev–Trinajstić information content (AvgIpc) is 2.47. The lowest BCUT2D eigenvalue weighted by Crippen LogP contribution is -2.42. The van der Waals surface area contributed by atoms with Gasteiger partial charge >= 0.3 is 0 Å². The minimum atomic E-state index is 0.239. The first kappa shape index (κ1) is 14.9. The Balaban J connectivity index is 1.88. The van der Waals surface area contributed by atoms with Crippen molar-refractivity contribution in [1.82, 2.24) is 9.80 Å². The van der Waals surface area contributed by atoms with Crippen LogP contribution in [-0.2, 0) is 4.79 Å². The molecule has 0 aromatic heterocycles. The zero-order chi connectivity index (χ0) is 14.5. The second kappa shape index (κ2) is 6.75. The molecule has 1 aromatic carbocycles. The van der Waals surface area contributed by atoms with Gasteiger partial charge in [-0.1, -0.05) is 12.1 Å². The van der Waals surface area contributed by atoms with Crippen molar-refractivity contribution >= 4 is 5.91 Å². The van der Waals surface area contributed by atoms with Crippen LogP contribution in [0.1, 0.15) is 24.3 Å². The number of likely N-dealkylation sites (N-methyl/N-ethyl adjacent to an activating group) is 1. The maximum Gasteiger partial charge on any atom is 0.236 e. The van der Waals surface area contributed by atoms with Gasteiger partial charge in [-0.15, -0.1) is 0 Å². The number of piperidine rings is 1. The smallest absolute Gasteiger partial charge is 0.236 e. The van der Waals surface area contributed by atoms with E-state index in [-0.39, 0.29) is 5.91 Å². The van der Waals surface area contributed by atoms with Crippen LogP contribution in [0.4, 0.5) is 0 Å². The van der Waals surface area contributed by atoms with Crippen molar-refractivity contribution in [3.8, 4) is 5.75 Å². The highest BCUT2D eigenvalue weighted by Gasteiger charge is 2.23. The van der Waals surface area contributed by atoms with E-state index in [0.717, 1.165) is 31.7 Å². The summed E-state index contributed by atoms with van der Waals surface area (Å²) in [6.07, 6.45) is 2.09. The van der Waals surface area contributed by atoms with Crippen LogP contribution in [0.3, 0.4) is 0 Å². The van der Waals surface area contributed by atoms with E-state index in [1.54, 1.807) is 7.11 Å². The standard InChI is InChI=1S/C16H24N2O2/c1-17(2)12-16(19)18-10-8-14(9-11-18)13-4-6-15(20-3)7-5-13/h4-7,14H,8-12H2,1-3H3. The zero-order valence-corrected chi connectivity index (χ0v) is 12.6. The molecule has 4 nitrogen and oxygen atoms in total. The molecule has 4 heteroatoms. The molecule has 0 saturated carbocycles. The number of rotatable bonds is 4. The molecular formula is C16H24N2O2. The number of hydrogen-bond donors (Lipinski definition) is 0. The van der Waals surface area contributed by atoms with E-state index in [1.807, 2.05) is 36.0 Å². The van der Waals surface area contributed by atoms with Gasteiger partial charge in [-0.3, -0.25) is 4.79 Å². The molecule has 20 heavy (non-hydrogen) atoms. The topological polar surface area (TPSA) is 32.8 Å². The van der Waals surface area contributed by atoms with Gasteiger partial charge in [0.1, 0.15) is 5.75 Å². The van der Waals surface area contributed by atoms with Crippen molar-refractivity contribution in [1.29, 1.82) is 0 Å². The molecule has 0 radical (unpaired) electrons. The highest BCUT2D eigenvalue weighted by molar-refractivity contribution is 5.78. The molecule has 1 aromatic rings. The van der Waals surface area contributed by atoms with Crippen molar-refractivity contribution in [2.24, 2.45) is 0 Å². The summed E-state index contributed by atoms with van der Waals surface area (Å²) in [5, 5.41) is 0. The summed E-state index contributed by atoms with van der Waals surface area (Å²) < 4.78 is 5.18. The van der Waals surface area contributed by atoms with Crippen LogP contribution in [0.5, 0.6) is 5.75 Å². The molecule has 1 fully saturated rings. The van der Waals surface area contributed by atoms with E-state index < -0.39 is 0 Å². The van der Waals surface area contributed by atoms with Gasteiger partial charge in [0.25, 0.3) is 0 Å². The van der Waals surface area contributed by atoms with Crippen LogP contribution >= 0.6 is 0 Å². The summed E-state index contributed by atoms with van der Waals surface area (Å²) in [5.74, 6) is 1.69. The second-order valence-electron chi connectivity index (χ2n) is 5.67. The quantitative estimate of drug-likeness (QED) is 0.843. The van der Waals surface area contributed by atoms with E-state index in [1.165, 1.54) is 5.56 Å². The van der Waals surface area contributed by atoms with E-state index in [9.17, 15) is 4.79 Å². The predicted molar refractivity (Wildman–Crippen MR) is 80.1 cm³/mol. The van der Waals surface area contributed by atoms with Gasteiger partial charge in [0.2, 0.25) is 5.91 Å². The molecule has 0 unspecified atom stereocenters. The molecule has 110 valence electrons. The van der Waals surface area contributed by atoms with Crippen LogP contribution < -0.4 is 4.74 Å². The third kappa shape index (κ3) is 3.73. The number of methoxy groups -OCH3 is 1. The Hall–Kier alpha value is -1.55. The Kier molecular flexibility index (Phi) is 5.01. The van der Waals surface area contributed by atoms with Gasteiger partial charge < -0.3 is 14.5 Å². The Morgan fingerprint density at radius 2 is 1.85 bits per heavy atom. The van der Waals surface area contributed by atoms with Crippen LogP contribution in [-0.4, -0.2) is 56.5 Å². The van der Waals surface area contributed by atoms with Gasteiger partial charge in [0, 0.05) is 13.1 Å². The fourth-order valence-corrected chi connectivity index (χ4v) is 2.71. The number of hydrogen-bond acceptors (Lipinski definition) is 3. The Morgan fingerprint density at radius 3 is 2.35 bits per heavy atom. The first-order chi connectivity index (χ1) is 9.60. The molecule has 0 spiro atoms. The van der Waals surface area contributed by atoms with E-state index in [4.69, 9.17) is 4.74 Å². The van der Waals surface area contributed by atoms with E-state index >= 15 is 0 Å². The molecule has 0 bridgehead atoms. The molecule has 1 aliphatic heterocycles. The van der Waals surface area contributed by atoms with Crippen LogP contribution in [0.25, 0.3) is 0 Å². The average molecular weight is 276 g/mol. The fraction of sp³-hybridized carbons (Fsp3) is 0.562. The molecule has 1 saturated heterocycles. The van der Waals surface area contributed by atoms with Crippen LogP contribution in [0, 0.1) is 0 Å². The van der Waals surface area contributed by atoms with Gasteiger partial charge in [-0.25, -0.2) is 0 Å². The van der Waals surface area contributed by atoms with Crippen molar-refractivity contribution < 1.29 is 9.53 Å². The molecular weight excluding hydrogens is 252 g/mol. The van der Waals surface area contributed by atoms with Crippen molar-refractivity contribution in [2.45, 2.75) is 18.8 Å². The van der Waals surface area contributed by atoms with Gasteiger partial charge in [-0.05, 0) is 50.6 Å². The largest absolute Gasteiger partial charge is 0.497 e. The molecule has 0 atom stereocenters. The molecule has 2 rings (SSSR count). The molecule has 0 N–H and O–H groups in total. The first-order valence-electron chi connectivity index (χ1n) is 7.16. The van der Waals surface area contributed by atoms with Gasteiger partial charge in [0.15, 0.2) is 0 Å².